The first kappa shape index (κ1) is 16.9. The van der Waals surface area contributed by atoms with Crippen LogP contribution < -0.4 is 0 Å². The molecule has 0 aromatic heterocycles. The minimum atomic E-state index is -0.355. The van der Waals surface area contributed by atoms with E-state index < -0.39 is 0 Å². The Labute approximate surface area is 141 Å². The Morgan fingerprint density at radius 1 is 1.21 bits per heavy atom. The number of hydrogen-bond acceptors (Lipinski definition) is 6. The normalized spacial score (nSPS) is 24.2. The van der Waals surface area contributed by atoms with E-state index in [9.17, 15) is 20.1 Å². The van der Waals surface area contributed by atoms with Gasteiger partial charge in [-0.15, -0.1) is 0 Å². The van der Waals surface area contributed by atoms with Crippen molar-refractivity contribution in [3.05, 3.63) is 16.7 Å². The summed E-state index contributed by atoms with van der Waals surface area (Å²) in [6.45, 7) is 6.39. The molecule has 0 bridgehead atoms. The fourth-order valence-electron chi connectivity index (χ4n) is 4.24. The van der Waals surface area contributed by atoms with Crippen molar-refractivity contribution >= 4 is 6.47 Å². The number of carbonyl (C=O) groups excluding carboxylic acids is 1. The average molecular weight is 335 g/mol. The molecule has 132 valence electrons. The van der Waals surface area contributed by atoms with Gasteiger partial charge < -0.3 is 20.1 Å². The van der Waals surface area contributed by atoms with Crippen LogP contribution in [0.25, 0.3) is 0 Å². The number of piperidine rings is 1. The van der Waals surface area contributed by atoms with E-state index in [-0.39, 0.29) is 22.8 Å². The van der Waals surface area contributed by atoms with E-state index in [4.69, 9.17) is 4.74 Å². The van der Waals surface area contributed by atoms with Gasteiger partial charge in [-0.2, -0.15) is 0 Å². The van der Waals surface area contributed by atoms with Gasteiger partial charge >= 0.3 is 0 Å². The quantitative estimate of drug-likeness (QED) is 0.331. The van der Waals surface area contributed by atoms with Gasteiger partial charge in [-0.05, 0) is 58.5 Å². The van der Waals surface area contributed by atoms with Crippen molar-refractivity contribution in [3.63, 3.8) is 0 Å². The summed E-state index contributed by atoms with van der Waals surface area (Å²) in [5, 5.41) is 30.6. The molecule has 1 atom stereocenters. The Kier molecular flexibility index (Phi) is 4.34. The lowest BCUT2D eigenvalue weighted by Gasteiger charge is -2.52. The first-order valence-corrected chi connectivity index (χ1v) is 8.47. The molecule has 2 aliphatic rings. The van der Waals surface area contributed by atoms with E-state index in [0.29, 0.717) is 36.5 Å². The van der Waals surface area contributed by atoms with Crippen LogP contribution in [-0.4, -0.2) is 46.4 Å². The highest BCUT2D eigenvalue weighted by Crippen LogP contribution is 2.56. The molecule has 24 heavy (non-hydrogen) atoms. The Bertz CT molecular complexity index is 628. The average Bonchev–Trinajstić information content (AvgIpc) is 2.57. The smallest absolute Gasteiger partial charge is 0.293 e. The maximum atomic E-state index is 10.4. The lowest BCUT2D eigenvalue weighted by molar-refractivity contribution is -0.129. The molecule has 1 aliphatic carbocycles. The molecule has 3 N–H and O–H groups in total. The van der Waals surface area contributed by atoms with Gasteiger partial charge in [0, 0.05) is 16.7 Å². The van der Waals surface area contributed by atoms with E-state index in [1.807, 2.05) is 0 Å². The number of phenols is 3. The monoisotopic (exact) mass is 335 g/mol. The summed E-state index contributed by atoms with van der Waals surface area (Å²) in [6.07, 6.45) is 3.57. The van der Waals surface area contributed by atoms with Crippen LogP contribution in [0.3, 0.4) is 0 Å². The van der Waals surface area contributed by atoms with Crippen molar-refractivity contribution < 1.29 is 24.9 Å². The number of fused-ring (bicyclic) bond motifs is 1. The predicted molar refractivity (Wildman–Crippen MR) is 88.2 cm³/mol. The number of ether oxygens (including phenoxy) is 1. The molecule has 0 saturated carbocycles. The highest BCUT2D eigenvalue weighted by Gasteiger charge is 2.49. The van der Waals surface area contributed by atoms with Gasteiger partial charge in [0.2, 0.25) is 0 Å². The molecule has 6 nitrogen and oxygen atoms in total. The molecule has 0 spiro atoms. The van der Waals surface area contributed by atoms with Gasteiger partial charge in [0.1, 0.15) is 5.75 Å². The predicted octanol–water partition coefficient (Wildman–Crippen LogP) is 2.16. The van der Waals surface area contributed by atoms with Crippen LogP contribution in [0.15, 0.2) is 0 Å². The summed E-state index contributed by atoms with van der Waals surface area (Å²) >= 11 is 0. The van der Waals surface area contributed by atoms with Gasteiger partial charge in [-0.1, -0.05) is 0 Å². The van der Waals surface area contributed by atoms with Gasteiger partial charge in [0.15, 0.2) is 11.5 Å². The summed E-state index contributed by atoms with van der Waals surface area (Å²) in [5.74, 6) is 0.310. The molecule has 1 heterocycles. The van der Waals surface area contributed by atoms with Crippen LogP contribution in [0.1, 0.15) is 42.9 Å². The van der Waals surface area contributed by atoms with E-state index in [2.05, 4.69) is 11.8 Å². The zero-order chi connectivity index (χ0) is 17.5. The summed E-state index contributed by atoms with van der Waals surface area (Å²) in [5.41, 5.74) is 1.38. The van der Waals surface area contributed by atoms with Crippen molar-refractivity contribution in [1.29, 1.82) is 0 Å². The number of aromatic hydroxyl groups is 3. The molecular formula is C18H25NO5. The molecule has 1 saturated heterocycles. The summed E-state index contributed by atoms with van der Waals surface area (Å²) in [7, 11) is 0. The third kappa shape index (κ3) is 2.49. The SMILES string of the molecule is Cc1c(O)c(O)c2c(c1O)CC2(C)N1CCC(CCOC=O)CC1. The first-order chi connectivity index (χ1) is 11.4. The number of phenolic OH excluding ortho intramolecular Hbond substituents is 3. The minimum absolute atomic E-state index is 0.0960. The molecule has 6 heteroatoms. The highest BCUT2D eigenvalue weighted by molar-refractivity contribution is 5.67. The van der Waals surface area contributed by atoms with E-state index in [1.54, 1.807) is 6.92 Å². The van der Waals surface area contributed by atoms with Gasteiger partial charge in [-0.25, -0.2) is 0 Å². The molecule has 3 rings (SSSR count). The van der Waals surface area contributed by atoms with E-state index >= 15 is 0 Å². The van der Waals surface area contributed by atoms with Gasteiger partial charge in [0.25, 0.3) is 6.47 Å². The summed E-state index contributed by atoms with van der Waals surface area (Å²) in [6, 6.07) is 0. The van der Waals surface area contributed by atoms with Gasteiger partial charge in [0.05, 0.1) is 12.1 Å². The molecular weight excluding hydrogens is 310 g/mol. The second-order valence-corrected chi connectivity index (χ2v) is 7.16. The van der Waals surface area contributed by atoms with Crippen molar-refractivity contribution in [1.82, 2.24) is 4.90 Å². The maximum Gasteiger partial charge on any atom is 0.293 e. The second kappa shape index (κ2) is 6.16. The topological polar surface area (TPSA) is 90.2 Å². The zero-order valence-electron chi connectivity index (χ0n) is 14.2. The molecule has 1 aliphatic heterocycles. The summed E-state index contributed by atoms with van der Waals surface area (Å²) < 4.78 is 4.78. The standard InChI is InChI=1S/C18H25NO5/c1-11-15(21)13-9-18(2,14(13)17(23)16(11)22)19-6-3-12(4-7-19)5-8-24-10-20/h10,12,21-23H,3-9H2,1-2H3. The number of nitrogens with zero attached hydrogens (tertiary/aromatic N) is 1. The lowest BCUT2D eigenvalue weighted by Crippen LogP contribution is -2.54. The Morgan fingerprint density at radius 2 is 1.88 bits per heavy atom. The Hall–Kier alpha value is -1.95. The van der Waals surface area contributed by atoms with Crippen molar-refractivity contribution in [2.24, 2.45) is 5.92 Å². The molecule has 1 aromatic carbocycles. The van der Waals surface area contributed by atoms with E-state index in [0.717, 1.165) is 37.9 Å². The minimum Gasteiger partial charge on any atom is -0.507 e. The van der Waals surface area contributed by atoms with Crippen molar-refractivity contribution in [3.8, 4) is 17.2 Å². The highest BCUT2D eigenvalue weighted by atomic mass is 16.5. The van der Waals surface area contributed by atoms with E-state index in [1.165, 1.54) is 0 Å². The van der Waals surface area contributed by atoms with Crippen LogP contribution in [-0.2, 0) is 21.5 Å². The number of rotatable bonds is 5. The molecule has 0 radical (unpaired) electrons. The number of likely N-dealkylation sites (tertiary alicyclic amines) is 1. The molecule has 1 unspecified atom stereocenters. The molecule has 1 aromatic rings. The van der Waals surface area contributed by atoms with Crippen LogP contribution in [0.4, 0.5) is 0 Å². The number of benzene rings is 1. The molecule has 0 amide bonds. The third-order valence-corrected chi connectivity index (χ3v) is 5.84. The third-order valence-electron chi connectivity index (χ3n) is 5.84. The molecule has 1 fully saturated rings. The Morgan fingerprint density at radius 3 is 2.50 bits per heavy atom. The van der Waals surface area contributed by atoms with Crippen molar-refractivity contribution in [2.75, 3.05) is 19.7 Å². The zero-order valence-corrected chi connectivity index (χ0v) is 14.2. The fourth-order valence-corrected chi connectivity index (χ4v) is 4.24. The maximum absolute atomic E-state index is 10.4. The van der Waals surface area contributed by atoms with Crippen LogP contribution in [0.2, 0.25) is 0 Å². The largest absolute Gasteiger partial charge is 0.507 e. The van der Waals surface area contributed by atoms with Crippen LogP contribution >= 0.6 is 0 Å². The first-order valence-electron chi connectivity index (χ1n) is 8.47. The van der Waals surface area contributed by atoms with Crippen LogP contribution in [0, 0.1) is 12.8 Å². The fraction of sp³-hybridized carbons (Fsp3) is 0.611. The second-order valence-electron chi connectivity index (χ2n) is 7.16. The van der Waals surface area contributed by atoms with Crippen molar-refractivity contribution in [2.45, 2.75) is 45.1 Å². The Balaban J connectivity index is 1.73. The van der Waals surface area contributed by atoms with Gasteiger partial charge in [-0.3, -0.25) is 9.69 Å². The summed E-state index contributed by atoms with van der Waals surface area (Å²) in [4.78, 5) is 12.5. The number of carbonyl (C=O) groups is 1. The lowest BCUT2D eigenvalue weighted by atomic mass is 9.68. The van der Waals surface area contributed by atoms with Crippen LogP contribution in [0.5, 0.6) is 17.2 Å². The number of hydrogen-bond donors (Lipinski definition) is 3.